The Hall–Kier alpha value is -1.27. The lowest BCUT2D eigenvalue weighted by atomic mass is 10.2. The highest BCUT2D eigenvalue weighted by molar-refractivity contribution is 5.19. The lowest BCUT2D eigenvalue weighted by molar-refractivity contribution is -0.535. The predicted molar refractivity (Wildman–Crippen MR) is 63.1 cm³/mol. The molecule has 0 aliphatic carbocycles. The second-order valence-electron chi connectivity index (χ2n) is 3.32. The Kier molecular flexibility index (Phi) is 4.45. The summed E-state index contributed by atoms with van der Waals surface area (Å²) < 4.78 is 4.70. The zero-order chi connectivity index (χ0) is 11.1. The van der Waals surface area contributed by atoms with E-state index in [4.69, 9.17) is 0 Å². The van der Waals surface area contributed by atoms with Crippen molar-refractivity contribution in [2.24, 2.45) is 0 Å². The van der Waals surface area contributed by atoms with Gasteiger partial charge in [-0.3, -0.25) is 0 Å². The molecule has 0 aliphatic heterocycles. The fourth-order valence-corrected chi connectivity index (χ4v) is 2.76. The van der Waals surface area contributed by atoms with Gasteiger partial charge < -0.3 is 0 Å². The van der Waals surface area contributed by atoms with Gasteiger partial charge >= 0.3 is 21.2 Å². The molecule has 0 fully saturated rings. The molecule has 0 saturated carbocycles. The summed E-state index contributed by atoms with van der Waals surface area (Å²) in [6, 6.07) is 20.9. The number of hydrogen-bond donors (Lipinski definition) is 0. The van der Waals surface area contributed by atoms with Gasteiger partial charge in [0.2, 0.25) is 3.57 Å². The third-order valence-electron chi connectivity index (χ3n) is 2.09. The topological polar surface area (TPSA) is 0 Å². The van der Waals surface area contributed by atoms with Crippen LogP contribution in [0.5, 0.6) is 0 Å². The van der Waals surface area contributed by atoms with Crippen molar-refractivity contribution in [3.05, 3.63) is 69.8 Å². The molecular formula is C15H12I+. The van der Waals surface area contributed by atoms with E-state index >= 15 is 0 Å². The van der Waals surface area contributed by atoms with E-state index in [2.05, 4.69) is 58.4 Å². The number of rotatable bonds is 2. The first-order valence-corrected chi connectivity index (χ1v) is 7.31. The van der Waals surface area contributed by atoms with Gasteiger partial charge in [-0.2, -0.15) is 0 Å². The summed E-state index contributed by atoms with van der Waals surface area (Å²) in [5.41, 5.74) is 1.30. The van der Waals surface area contributed by atoms with E-state index in [-0.39, 0.29) is 21.2 Å². The zero-order valence-corrected chi connectivity index (χ0v) is 11.0. The molecule has 0 radical (unpaired) electrons. The van der Waals surface area contributed by atoms with Crippen molar-refractivity contribution in [1.29, 1.82) is 0 Å². The first-order valence-electron chi connectivity index (χ1n) is 5.16. The van der Waals surface area contributed by atoms with E-state index in [9.17, 15) is 0 Å². The van der Waals surface area contributed by atoms with Gasteiger partial charge in [0.25, 0.3) is 0 Å². The van der Waals surface area contributed by atoms with Crippen molar-refractivity contribution < 1.29 is 21.2 Å². The normalized spacial score (nSPS) is 9.25. The van der Waals surface area contributed by atoms with Crippen molar-refractivity contribution in [3.8, 4) is 9.85 Å². The van der Waals surface area contributed by atoms with Crippen LogP contribution in [0.4, 0.5) is 0 Å². The smallest absolute Gasteiger partial charge is 0.0622 e. The summed E-state index contributed by atoms with van der Waals surface area (Å²) in [6.07, 6.45) is 0.868. The van der Waals surface area contributed by atoms with E-state index in [1.165, 1.54) is 9.13 Å². The van der Waals surface area contributed by atoms with Crippen LogP contribution in [0.15, 0.2) is 60.7 Å². The van der Waals surface area contributed by atoms with Crippen molar-refractivity contribution in [3.63, 3.8) is 0 Å². The van der Waals surface area contributed by atoms with Crippen LogP contribution in [0.2, 0.25) is 0 Å². The quantitative estimate of drug-likeness (QED) is 0.546. The van der Waals surface area contributed by atoms with Crippen molar-refractivity contribution in [2.75, 3.05) is 0 Å². The SMILES string of the molecule is C(#C[I+]c1ccccc1)Cc1ccccc1. The molecule has 0 atom stereocenters. The van der Waals surface area contributed by atoms with Crippen LogP contribution in [0.3, 0.4) is 0 Å². The third-order valence-corrected chi connectivity index (χ3v) is 4.08. The molecule has 2 aromatic rings. The summed E-state index contributed by atoms with van der Waals surface area (Å²) >= 11 is -0.133. The van der Waals surface area contributed by atoms with Crippen molar-refractivity contribution in [1.82, 2.24) is 0 Å². The van der Waals surface area contributed by atoms with Crippen molar-refractivity contribution in [2.45, 2.75) is 6.42 Å². The Morgan fingerprint density at radius 2 is 1.44 bits per heavy atom. The van der Waals surface area contributed by atoms with Crippen LogP contribution < -0.4 is 21.2 Å². The fourth-order valence-electron chi connectivity index (χ4n) is 1.30. The molecule has 0 aromatic heterocycles. The molecule has 0 bridgehead atoms. The Labute approximate surface area is 107 Å². The molecule has 0 N–H and O–H groups in total. The average Bonchev–Trinajstić information content (AvgIpc) is 2.37. The van der Waals surface area contributed by atoms with Gasteiger partial charge in [0, 0.05) is 6.42 Å². The van der Waals surface area contributed by atoms with Crippen LogP contribution in [0.25, 0.3) is 0 Å². The van der Waals surface area contributed by atoms with Crippen LogP contribution in [0.1, 0.15) is 5.56 Å². The summed E-state index contributed by atoms with van der Waals surface area (Å²) in [5, 5.41) is 0. The molecule has 0 amide bonds. The molecule has 0 nitrogen and oxygen atoms in total. The molecule has 0 aliphatic rings. The lowest BCUT2D eigenvalue weighted by Crippen LogP contribution is -3.59. The first-order chi connectivity index (χ1) is 7.95. The van der Waals surface area contributed by atoms with Crippen LogP contribution in [-0.4, -0.2) is 0 Å². The predicted octanol–water partition coefficient (Wildman–Crippen LogP) is 0.149. The van der Waals surface area contributed by atoms with Crippen LogP contribution >= 0.6 is 0 Å². The number of halogens is 1. The van der Waals surface area contributed by atoms with Gasteiger partial charge in [0.1, 0.15) is 0 Å². The second kappa shape index (κ2) is 6.34. The maximum Gasteiger partial charge on any atom is 0.419 e. The minimum absolute atomic E-state index is 0.133. The molecule has 0 spiro atoms. The van der Waals surface area contributed by atoms with Gasteiger partial charge in [-0.05, 0) is 23.6 Å². The average molecular weight is 319 g/mol. The standard InChI is InChI=1S/C15H12I/c1-3-8-14(9-4-1)10-7-13-16-15-11-5-2-6-12-15/h1-6,8-9,11-12H,10H2/q+1. The summed E-state index contributed by atoms with van der Waals surface area (Å²) in [4.78, 5) is 0. The van der Waals surface area contributed by atoms with E-state index in [1.54, 1.807) is 0 Å². The minimum Gasteiger partial charge on any atom is -0.0622 e. The maximum absolute atomic E-state index is 3.31. The van der Waals surface area contributed by atoms with Gasteiger partial charge in [-0.1, -0.05) is 48.5 Å². The Morgan fingerprint density at radius 3 is 2.12 bits per heavy atom. The highest BCUT2D eigenvalue weighted by Crippen LogP contribution is 1.97. The minimum atomic E-state index is -0.133. The fraction of sp³-hybridized carbons (Fsp3) is 0.0667. The molecule has 2 aromatic carbocycles. The Bertz CT molecular complexity index is 432. The van der Waals surface area contributed by atoms with Crippen LogP contribution in [0, 0.1) is 13.4 Å². The zero-order valence-electron chi connectivity index (χ0n) is 8.86. The largest absolute Gasteiger partial charge is 0.419 e. The first kappa shape index (κ1) is 11.2. The molecule has 1 heteroatoms. The highest BCUT2D eigenvalue weighted by atomic mass is 127. The third kappa shape index (κ3) is 3.71. The van der Waals surface area contributed by atoms with Crippen LogP contribution in [-0.2, 0) is 6.42 Å². The summed E-state index contributed by atoms with van der Waals surface area (Å²) in [5.74, 6) is 3.25. The summed E-state index contributed by atoms with van der Waals surface area (Å²) in [7, 11) is 0. The number of hydrogen-bond acceptors (Lipinski definition) is 0. The van der Waals surface area contributed by atoms with Gasteiger partial charge in [-0.15, -0.1) is 0 Å². The molecule has 0 heterocycles. The number of benzene rings is 2. The molecule has 78 valence electrons. The molecular weight excluding hydrogens is 307 g/mol. The van der Waals surface area contributed by atoms with Gasteiger partial charge in [0.15, 0.2) is 3.93 Å². The molecule has 2 rings (SSSR count). The van der Waals surface area contributed by atoms with Gasteiger partial charge in [0.05, 0.1) is 0 Å². The summed E-state index contributed by atoms with van der Waals surface area (Å²) in [6.45, 7) is 0. The Balaban J connectivity index is 1.88. The van der Waals surface area contributed by atoms with E-state index in [0.29, 0.717) is 0 Å². The monoisotopic (exact) mass is 319 g/mol. The molecule has 0 unspecified atom stereocenters. The van der Waals surface area contributed by atoms with Crippen molar-refractivity contribution >= 4 is 0 Å². The molecule has 0 saturated heterocycles. The van der Waals surface area contributed by atoms with E-state index in [1.807, 2.05) is 12.1 Å². The van der Waals surface area contributed by atoms with E-state index < -0.39 is 0 Å². The second-order valence-corrected chi connectivity index (χ2v) is 5.65. The lowest BCUT2D eigenvalue weighted by Gasteiger charge is -1.89. The molecule has 16 heavy (non-hydrogen) atoms. The maximum atomic E-state index is 3.31. The van der Waals surface area contributed by atoms with Gasteiger partial charge in [-0.25, -0.2) is 0 Å². The Morgan fingerprint density at radius 1 is 0.812 bits per heavy atom. The van der Waals surface area contributed by atoms with E-state index in [0.717, 1.165) is 6.42 Å². The highest BCUT2D eigenvalue weighted by Gasteiger charge is 2.05.